The first-order chi connectivity index (χ1) is 8.70. The van der Waals surface area contributed by atoms with E-state index < -0.39 is 0 Å². The Hall–Kier alpha value is -0.810. The van der Waals surface area contributed by atoms with Gasteiger partial charge in [0.2, 0.25) is 0 Å². The summed E-state index contributed by atoms with van der Waals surface area (Å²) in [6, 6.07) is 3.90. The Morgan fingerprint density at radius 1 is 1.61 bits per heavy atom. The lowest BCUT2D eigenvalue weighted by atomic mass is 10.2. The van der Waals surface area contributed by atoms with Crippen molar-refractivity contribution in [3.05, 3.63) is 22.6 Å². The average molecular weight is 315 g/mol. The van der Waals surface area contributed by atoms with Gasteiger partial charge in [-0.2, -0.15) is 0 Å². The first kappa shape index (κ1) is 13.6. The van der Waals surface area contributed by atoms with E-state index in [1.165, 1.54) is 6.42 Å². The van der Waals surface area contributed by atoms with Crippen LogP contribution in [0, 0.1) is 0 Å². The van der Waals surface area contributed by atoms with E-state index in [-0.39, 0.29) is 5.91 Å². The predicted molar refractivity (Wildman–Crippen MR) is 73.6 cm³/mol. The summed E-state index contributed by atoms with van der Waals surface area (Å²) in [4.78, 5) is 14.2. The zero-order valence-corrected chi connectivity index (χ0v) is 12.2. The Balaban J connectivity index is 2.01. The molecule has 1 N–H and O–H groups in total. The number of halogens is 1. The van der Waals surface area contributed by atoms with Crippen LogP contribution in [0.25, 0.3) is 0 Å². The number of hydrogen-bond acceptors (Lipinski definition) is 3. The van der Waals surface area contributed by atoms with Crippen molar-refractivity contribution in [1.82, 2.24) is 10.2 Å². The van der Waals surface area contributed by atoms with Crippen LogP contribution in [0.2, 0.25) is 0 Å². The molecule has 1 aromatic heterocycles. The second-order valence-electron chi connectivity index (χ2n) is 4.65. The molecule has 2 rings (SSSR count). The van der Waals surface area contributed by atoms with Gasteiger partial charge in [0.1, 0.15) is 0 Å². The summed E-state index contributed by atoms with van der Waals surface area (Å²) in [6.07, 6.45) is 3.31. The molecule has 0 saturated carbocycles. The van der Waals surface area contributed by atoms with Crippen LogP contribution in [0.3, 0.4) is 0 Å². The molecule has 0 radical (unpaired) electrons. The molecule has 1 atom stereocenters. The molecule has 0 aliphatic carbocycles. The van der Waals surface area contributed by atoms with Gasteiger partial charge in [0, 0.05) is 19.1 Å². The largest absolute Gasteiger partial charge is 0.444 e. The van der Waals surface area contributed by atoms with Gasteiger partial charge in [0.05, 0.1) is 0 Å². The van der Waals surface area contributed by atoms with Crippen molar-refractivity contribution < 1.29 is 9.21 Å². The van der Waals surface area contributed by atoms with Crippen LogP contribution in [-0.4, -0.2) is 36.5 Å². The Bertz CT molecular complexity index is 399. The molecule has 100 valence electrons. The van der Waals surface area contributed by atoms with Crippen LogP contribution >= 0.6 is 15.9 Å². The van der Waals surface area contributed by atoms with Crippen molar-refractivity contribution in [2.45, 2.75) is 32.2 Å². The Labute approximate surface area is 116 Å². The van der Waals surface area contributed by atoms with Gasteiger partial charge in [0.15, 0.2) is 10.4 Å². The maximum absolute atomic E-state index is 12.3. The molecule has 1 unspecified atom stereocenters. The molecule has 1 aliphatic rings. The summed E-state index contributed by atoms with van der Waals surface area (Å²) in [6.45, 7) is 4.69. The van der Waals surface area contributed by atoms with Gasteiger partial charge in [-0.05, 0) is 53.9 Å². The summed E-state index contributed by atoms with van der Waals surface area (Å²) in [5.41, 5.74) is 0. The van der Waals surface area contributed by atoms with Crippen molar-refractivity contribution in [1.29, 1.82) is 0 Å². The molecule has 1 aromatic rings. The highest BCUT2D eigenvalue weighted by atomic mass is 79.9. The predicted octanol–water partition coefficient (Wildman–Crippen LogP) is 2.65. The molecule has 1 aliphatic heterocycles. The van der Waals surface area contributed by atoms with Crippen LogP contribution in [0.1, 0.15) is 36.7 Å². The second-order valence-corrected chi connectivity index (χ2v) is 5.43. The standard InChI is InChI=1S/C13H19BrN2O2/c1-2-8-16(9-10-4-3-7-15-10)13(17)11-5-6-12(14)18-11/h5-6,10,15H,2-4,7-9H2,1H3. The molecule has 1 amide bonds. The number of nitrogens with one attached hydrogen (secondary N) is 1. The molecule has 1 fully saturated rings. The normalized spacial score (nSPS) is 19.1. The fourth-order valence-corrected chi connectivity index (χ4v) is 2.62. The maximum Gasteiger partial charge on any atom is 0.289 e. The SMILES string of the molecule is CCCN(CC1CCCN1)C(=O)c1ccc(Br)o1. The van der Waals surface area contributed by atoms with Crippen molar-refractivity contribution in [3.8, 4) is 0 Å². The van der Waals surface area contributed by atoms with Gasteiger partial charge in [-0.3, -0.25) is 4.79 Å². The highest BCUT2D eigenvalue weighted by Crippen LogP contribution is 2.17. The number of furan rings is 1. The monoisotopic (exact) mass is 314 g/mol. The van der Waals surface area contributed by atoms with E-state index in [2.05, 4.69) is 28.2 Å². The van der Waals surface area contributed by atoms with E-state index in [4.69, 9.17) is 4.42 Å². The molecule has 4 nitrogen and oxygen atoms in total. The molecule has 1 saturated heterocycles. The highest BCUT2D eigenvalue weighted by molar-refractivity contribution is 9.10. The number of hydrogen-bond donors (Lipinski definition) is 1. The Morgan fingerprint density at radius 2 is 2.44 bits per heavy atom. The van der Waals surface area contributed by atoms with Crippen molar-refractivity contribution >= 4 is 21.8 Å². The Morgan fingerprint density at radius 3 is 3.00 bits per heavy atom. The first-order valence-corrected chi connectivity index (χ1v) is 7.28. The number of carbonyl (C=O) groups is 1. The highest BCUT2D eigenvalue weighted by Gasteiger charge is 2.23. The molecule has 0 bridgehead atoms. The van der Waals surface area contributed by atoms with Crippen LogP contribution in [0.15, 0.2) is 21.2 Å². The summed E-state index contributed by atoms with van der Waals surface area (Å²) in [7, 11) is 0. The number of carbonyl (C=O) groups excluding carboxylic acids is 1. The minimum absolute atomic E-state index is 0.0174. The first-order valence-electron chi connectivity index (χ1n) is 6.48. The smallest absolute Gasteiger partial charge is 0.289 e. The number of rotatable bonds is 5. The number of nitrogens with zero attached hydrogens (tertiary/aromatic N) is 1. The van der Waals surface area contributed by atoms with Gasteiger partial charge in [-0.15, -0.1) is 0 Å². The van der Waals surface area contributed by atoms with E-state index >= 15 is 0 Å². The van der Waals surface area contributed by atoms with Gasteiger partial charge in [0.25, 0.3) is 5.91 Å². The molecule has 18 heavy (non-hydrogen) atoms. The van der Waals surface area contributed by atoms with E-state index in [1.807, 2.05) is 4.90 Å². The lowest BCUT2D eigenvalue weighted by Crippen LogP contribution is -2.41. The molecule has 5 heteroatoms. The van der Waals surface area contributed by atoms with Crippen molar-refractivity contribution in [2.24, 2.45) is 0 Å². The summed E-state index contributed by atoms with van der Waals surface area (Å²) >= 11 is 3.23. The van der Waals surface area contributed by atoms with Crippen LogP contribution in [0.5, 0.6) is 0 Å². The van der Waals surface area contributed by atoms with E-state index in [0.29, 0.717) is 16.5 Å². The van der Waals surface area contributed by atoms with Crippen molar-refractivity contribution in [3.63, 3.8) is 0 Å². The molecule has 2 heterocycles. The molecular formula is C13H19BrN2O2. The maximum atomic E-state index is 12.3. The fourth-order valence-electron chi connectivity index (χ4n) is 2.31. The lowest BCUT2D eigenvalue weighted by Gasteiger charge is -2.24. The van der Waals surface area contributed by atoms with Crippen LogP contribution in [0.4, 0.5) is 0 Å². The summed E-state index contributed by atoms with van der Waals surface area (Å²) in [5, 5.41) is 3.42. The third kappa shape index (κ3) is 3.36. The molecular weight excluding hydrogens is 296 g/mol. The topological polar surface area (TPSA) is 45.5 Å². The third-order valence-electron chi connectivity index (χ3n) is 3.17. The van der Waals surface area contributed by atoms with Gasteiger partial charge >= 0.3 is 0 Å². The van der Waals surface area contributed by atoms with Crippen molar-refractivity contribution in [2.75, 3.05) is 19.6 Å². The summed E-state index contributed by atoms with van der Waals surface area (Å²) < 4.78 is 5.94. The minimum Gasteiger partial charge on any atom is -0.444 e. The molecule has 0 spiro atoms. The van der Waals surface area contributed by atoms with Gasteiger partial charge in [-0.25, -0.2) is 0 Å². The quantitative estimate of drug-likeness (QED) is 0.908. The Kier molecular flexibility index (Phi) is 4.83. The number of amides is 1. The van der Waals surface area contributed by atoms with Gasteiger partial charge in [-0.1, -0.05) is 6.92 Å². The minimum atomic E-state index is -0.0174. The second kappa shape index (κ2) is 6.38. The van der Waals surface area contributed by atoms with E-state index in [9.17, 15) is 4.79 Å². The third-order valence-corrected chi connectivity index (χ3v) is 3.59. The zero-order chi connectivity index (χ0) is 13.0. The van der Waals surface area contributed by atoms with Crippen LogP contribution in [-0.2, 0) is 0 Å². The van der Waals surface area contributed by atoms with Crippen LogP contribution < -0.4 is 5.32 Å². The lowest BCUT2D eigenvalue weighted by molar-refractivity contribution is 0.0708. The fraction of sp³-hybridized carbons (Fsp3) is 0.615. The zero-order valence-electron chi connectivity index (χ0n) is 10.6. The average Bonchev–Trinajstić information content (AvgIpc) is 2.99. The van der Waals surface area contributed by atoms with E-state index in [1.54, 1.807) is 12.1 Å². The molecule has 0 aromatic carbocycles. The summed E-state index contributed by atoms with van der Waals surface area (Å²) in [5.74, 6) is 0.393. The van der Waals surface area contributed by atoms with E-state index in [0.717, 1.165) is 32.5 Å². The van der Waals surface area contributed by atoms with Gasteiger partial charge < -0.3 is 14.6 Å².